The van der Waals surface area contributed by atoms with Crippen LogP contribution in [0.25, 0.3) is 0 Å². The molecule has 2 aliphatic heterocycles. The molecule has 2 aromatic rings. The lowest BCUT2D eigenvalue weighted by Crippen LogP contribution is -2.38. The molecule has 0 unspecified atom stereocenters. The minimum Gasteiger partial charge on any atom is -0.328 e. The van der Waals surface area contributed by atoms with Crippen molar-refractivity contribution in [2.45, 2.75) is 18.9 Å². The standard InChI is InChI=1S/C20H17N3/c21-13-16-9-6-10-17-14-22-20(15-7-2-1-3-8-15)18-11-4-5-12-19(18)23(16)17/h1-5,7-9,11-12,17H,6,10,14H2/t17-/m1/s1. The molecule has 23 heavy (non-hydrogen) atoms. The van der Waals surface area contributed by atoms with Crippen molar-refractivity contribution in [2.24, 2.45) is 4.99 Å². The number of para-hydroxylation sites is 1. The Morgan fingerprint density at radius 1 is 1.04 bits per heavy atom. The van der Waals surface area contributed by atoms with Gasteiger partial charge in [-0.25, -0.2) is 0 Å². The maximum Gasteiger partial charge on any atom is 0.117 e. The summed E-state index contributed by atoms with van der Waals surface area (Å²) in [7, 11) is 0. The van der Waals surface area contributed by atoms with Crippen molar-refractivity contribution >= 4 is 11.4 Å². The third kappa shape index (κ3) is 2.33. The Morgan fingerprint density at radius 2 is 1.83 bits per heavy atom. The zero-order chi connectivity index (χ0) is 15.6. The molecule has 0 saturated heterocycles. The smallest absolute Gasteiger partial charge is 0.117 e. The van der Waals surface area contributed by atoms with Gasteiger partial charge in [-0.05, 0) is 25.0 Å². The lowest BCUT2D eigenvalue weighted by atomic mass is 9.98. The highest BCUT2D eigenvalue weighted by atomic mass is 15.2. The lowest BCUT2D eigenvalue weighted by Gasteiger charge is -2.34. The van der Waals surface area contributed by atoms with Gasteiger partial charge in [0.2, 0.25) is 0 Å². The highest BCUT2D eigenvalue weighted by molar-refractivity contribution is 6.16. The fourth-order valence-corrected chi connectivity index (χ4v) is 3.44. The number of nitrogens with zero attached hydrogens (tertiary/aromatic N) is 3. The molecule has 0 saturated carbocycles. The first kappa shape index (κ1) is 13.8. The van der Waals surface area contributed by atoms with Crippen LogP contribution >= 0.6 is 0 Å². The van der Waals surface area contributed by atoms with Crippen molar-refractivity contribution in [3.63, 3.8) is 0 Å². The monoisotopic (exact) mass is 299 g/mol. The second-order valence-electron chi connectivity index (χ2n) is 5.87. The van der Waals surface area contributed by atoms with E-state index >= 15 is 0 Å². The molecule has 0 fully saturated rings. The van der Waals surface area contributed by atoms with Crippen LogP contribution in [-0.4, -0.2) is 18.3 Å². The van der Waals surface area contributed by atoms with Crippen LogP contribution in [0, 0.1) is 11.3 Å². The summed E-state index contributed by atoms with van der Waals surface area (Å²) in [5, 5.41) is 9.53. The van der Waals surface area contributed by atoms with Crippen LogP contribution in [0.5, 0.6) is 0 Å². The van der Waals surface area contributed by atoms with Gasteiger partial charge < -0.3 is 4.90 Å². The first-order chi connectivity index (χ1) is 11.4. The third-order valence-electron chi connectivity index (χ3n) is 4.50. The van der Waals surface area contributed by atoms with Gasteiger partial charge in [-0.15, -0.1) is 0 Å². The maximum absolute atomic E-state index is 9.53. The normalized spacial score (nSPS) is 19.6. The number of fused-ring (bicyclic) bond motifs is 3. The Bertz CT molecular complexity index is 827. The number of benzene rings is 2. The molecule has 2 heterocycles. The number of hydrogen-bond donors (Lipinski definition) is 0. The Hall–Kier alpha value is -2.86. The van der Waals surface area contributed by atoms with Gasteiger partial charge >= 0.3 is 0 Å². The zero-order valence-electron chi connectivity index (χ0n) is 12.8. The van der Waals surface area contributed by atoms with E-state index in [4.69, 9.17) is 4.99 Å². The van der Waals surface area contributed by atoms with E-state index in [1.807, 2.05) is 36.4 Å². The summed E-state index contributed by atoms with van der Waals surface area (Å²) >= 11 is 0. The predicted octanol–water partition coefficient (Wildman–Crippen LogP) is 3.91. The summed E-state index contributed by atoms with van der Waals surface area (Å²) in [6.07, 6.45) is 4.02. The topological polar surface area (TPSA) is 39.4 Å². The number of anilines is 1. The molecule has 2 aliphatic rings. The van der Waals surface area contributed by atoms with Crippen LogP contribution in [-0.2, 0) is 0 Å². The Morgan fingerprint density at radius 3 is 2.65 bits per heavy atom. The van der Waals surface area contributed by atoms with Gasteiger partial charge in [0, 0.05) is 11.1 Å². The van der Waals surface area contributed by atoms with E-state index in [-0.39, 0.29) is 6.04 Å². The van der Waals surface area contributed by atoms with Gasteiger partial charge in [0.1, 0.15) is 11.8 Å². The highest BCUT2D eigenvalue weighted by Gasteiger charge is 2.30. The summed E-state index contributed by atoms with van der Waals surface area (Å²) in [6.45, 7) is 0.720. The summed E-state index contributed by atoms with van der Waals surface area (Å²) in [5.74, 6) is 0. The third-order valence-corrected chi connectivity index (χ3v) is 4.50. The lowest BCUT2D eigenvalue weighted by molar-refractivity contribution is 0.583. The number of rotatable bonds is 1. The molecule has 1 atom stereocenters. The van der Waals surface area contributed by atoms with Crippen LogP contribution in [0.4, 0.5) is 5.69 Å². The second kappa shape index (κ2) is 5.73. The fourth-order valence-electron chi connectivity index (χ4n) is 3.44. The quantitative estimate of drug-likeness (QED) is 0.800. The molecule has 112 valence electrons. The first-order valence-corrected chi connectivity index (χ1v) is 7.97. The van der Waals surface area contributed by atoms with E-state index in [2.05, 4.69) is 35.2 Å². The average molecular weight is 299 g/mol. The van der Waals surface area contributed by atoms with Crippen LogP contribution in [0.3, 0.4) is 0 Å². The largest absolute Gasteiger partial charge is 0.328 e. The predicted molar refractivity (Wildman–Crippen MR) is 92.6 cm³/mol. The summed E-state index contributed by atoms with van der Waals surface area (Å²) in [6, 6.07) is 21.2. The average Bonchev–Trinajstić information content (AvgIpc) is 2.79. The minimum atomic E-state index is 0.261. The number of aliphatic imine (C=N–C) groups is 1. The Labute approximate surface area is 136 Å². The minimum absolute atomic E-state index is 0.261. The van der Waals surface area contributed by atoms with Crippen LogP contribution < -0.4 is 4.90 Å². The molecule has 2 aromatic carbocycles. The summed E-state index contributed by atoms with van der Waals surface area (Å²) in [4.78, 5) is 7.11. The van der Waals surface area contributed by atoms with Gasteiger partial charge in [-0.1, -0.05) is 48.5 Å². The van der Waals surface area contributed by atoms with Crippen molar-refractivity contribution in [3.8, 4) is 6.07 Å². The molecule has 0 aromatic heterocycles. The van der Waals surface area contributed by atoms with Crippen LogP contribution in [0.15, 0.2) is 71.4 Å². The van der Waals surface area contributed by atoms with E-state index in [1.54, 1.807) is 0 Å². The Kier molecular flexibility index (Phi) is 3.44. The van der Waals surface area contributed by atoms with Crippen molar-refractivity contribution in [1.29, 1.82) is 5.26 Å². The first-order valence-electron chi connectivity index (χ1n) is 7.97. The highest BCUT2D eigenvalue weighted by Crippen LogP contribution is 2.34. The molecule has 3 nitrogen and oxygen atoms in total. The molecule has 0 amide bonds. The van der Waals surface area contributed by atoms with Crippen molar-refractivity contribution in [2.75, 3.05) is 11.4 Å². The molecule has 0 aliphatic carbocycles. The zero-order valence-corrected chi connectivity index (χ0v) is 12.8. The van der Waals surface area contributed by atoms with Gasteiger partial charge in [-0.2, -0.15) is 5.26 Å². The van der Waals surface area contributed by atoms with E-state index in [0.717, 1.165) is 47.6 Å². The second-order valence-corrected chi connectivity index (χ2v) is 5.87. The van der Waals surface area contributed by atoms with Gasteiger partial charge in [0.15, 0.2) is 0 Å². The number of hydrogen-bond acceptors (Lipinski definition) is 3. The van der Waals surface area contributed by atoms with Gasteiger partial charge in [-0.3, -0.25) is 4.99 Å². The molecule has 0 bridgehead atoms. The number of nitriles is 1. The van der Waals surface area contributed by atoms with E-state index in [0.29, 0.717) is 0 Å². The summed E-state index contributed by atoms with van der Waals surface area (Å²) < 4.78 is 0. The van der Waals surface area contributed by atoms with Gasteiger partial charge in [0.05, 0.1) is 24.0 Å². The van der Waals surface area contributed by atoms with Crippen molar-refractivity contribution in [3.05, 3.63) is 77.5 Å². The number of allylic oxidation sites excluding steroid dienone is 2. The van der Waals surface area contributed by atoms with E-state index in [9.17, 15) is 5.26 Å². The summed E-state index contributed by atoms with van der Waals surface area (Å²) in [5.41, 5.74) is 5.09. The van der Waals surface area contributed by atoms with Gasteiger partial charge in [0.25, 0.3) is 0 Å². The molecule has 0 N–H and O–H groups in total. The van der Waals surface area contributed by atoms with Crippen LogP contribution in [0.2, 0.25) is 0 Å². The molecular weight excluding hydrogens is 282 g/mol. The molecule has 3 heteroatoms. The molecule has 0 radical (unpaired) electrons. The molecule has 0 spiro atoms. The fraction of sp³-hybridized carbons (Fsp3) is 0.200. The Balaban J connectivity index is 1.91. The molecule has 4 rings (SSSR count). The van der Waals surface area contributed by atoms with Crippen molar-refractivity contribution in [1.82, 2.24) is 0 Å². The maximum atomic E-state index is 9.53. The van der Waals surface area contributed by atoms with E-state index < -0.39 is 0 Å². The van der Waals surface area contributed by atoms with Crippen LogP contribution in [0.1, 0.15) is 24.0 Å². The SMILES string of the molecule is N#CC1=CCC[C@@H]2CN=C(c3ccccc3)c3ccccc3N12. The molecular formula is C20H17N3. The van der Waals surface area contributed by atoms with E-state index in [1.165, 1.54) is 0 Å². The van der Waals surface area contributed by atoms with Crippen molar-refractivity contribution < 1.29 is 0 Å².